The summed E-state index contributed by atoms with van der Waals surface area (Å²) in [5.74, 6) is -0.149. The smallest absolute Gasteiger partial charge is 0.267 e. The molecular weight excluding hydrogens is 323 g/mol. The minimum absolute atomic E-state index is 0.121. The second-order valence-corrected chi connectivity index (χ2v) is 5.84. The van der Waals surface area contributed by atoms with Gasteiger partial charge >= 0.3 is 0 Å². The predicted molar refractivity (Wildman–Crippen MR) is 91.7 cm³/mol. The molecule has 5 nitrogen and oxygen atoms in total. The number of carbonyl (C=O) groups excluding carboxylic acids is 2. The summed E-state index contributed by atoms with van der Waals surface area (Å²) in [6.07, 6.45) is -0.460. The van der Waals surface area contributed by atoms with Crippen LogP contribution in [0.4, 0.5) is 10.1 Å². The van der Waals surface area contributed by atoms with Gasteiger partial charge < -0.3 is 15.0 Å². The molecule has 3 rings (SSSR count). The molecule has 6 heteroatoms. The number of amides is 2. The second kappa shape index (κ2) is 7.34. The van der Waals surface area contributed by atoms with E-state index in [1.165, 1.54) is 6.07 Å². The molecule has 0 aromatic heterocycles. The number of rotatable bonds is 5. The molecular formula is C19H19FN2O3. The summed E-state index contributed by atoms with van der Waals surface area (Å²) in [7, 11) is 0. The third kappa shape index (κ3) is 3.79. The monoisotopic (exact) mass is 342 g/mol. The molecule has 0 fully saturated rings. The molecule has 2 aromatic carbocycles. The molecule has 1 heterocycles. The molecule has 1 aliphatic heterocycles. The van der Waals surface area contributed by atoms with E-state index >= 15 is 0 Å². The quantitative estimate of drug-likeness (QED) is 0.909. The first-order chi connectivity index (χ1) is 12.1. The van der Waals surface area contributed by atoms with Gasteiger partial charge in [-0.1, -0.05) is 30.3 Å². The Hall–Kier alpha value is -2.89. The molecule has 1 N–H and O–H groups in total. The molecule has 1 aliphatic rings. The number of nitrogens with zero attached hydrogens (tertiary/aromatic N) is 1. The van der Waals surface area contributed by atoms with Crippen LogP contribution in [0.5, 0.6) is 5.75 Å². The highest BCUT2D eigenvalue weighted by Crippen LogP contribution is 2.33. The molecule has 25 heavy (non-hydrogen) atoms. The van der Waals surface area contributed by atoms with E-state index in [1.54, 1.807) is 42.2 Å². The molecule has 0 bridgehead atoms. The lowest BCUT2D eigenvalue weighted by molar-refractivity contribution is -0.125. The number of fused-ring (bicyclic) bond motifs is 1. The van der Waals surface area contributed by atoms with Crippen LogP contribution in [0, 0.1) is 5.82 Å². The van der Waals surface area contributed by atoms with E-state index in [1.807, 2.05) is 12.1 Å². The average Bonchev–Trinajstić information content (AvgIpc) is 2.61. The molecule has 0 aliphatic carbocycles. The molecule has 2 aromatic rings. The third-order valence-corrected chi connectivity index (χ3v) is 4.07. The van der Waals surface area contributed by atoms with E-state index in [-0.39, 0.29) is 37.1 Å². The van der Waals surface area contributed by atoms with Crippen molar-refractivity contribution < 1.29 is 18.7 Å². The van der Waals surface area contributed by atoms with Gasteiger partial charge in [-0.3, -0.25) is 9.59 Å². The van der Waals surface area contributed by atoms with Crippen molar-refractivity contribution in [2.75, 3.05) is 11.4 Å². The fourth-order valence-electron chi connectivity index (χ4n) is 2.73. The number of benzene rings is 2. The average molecular weight is 342 g/mol. The lowest BCUT2D eigenvalue weighted by Crippen LogP contribution is -2.45. The molecule has 2 amide bonds. The van der Waals surface area contributed by atoms with E-state index in [2.05, 4.69) is 5.32 Å². The Morgan fingerprint density at radius 3 is 2.72 bits per heavy atom. The van der Waals surface area contributed by atoms with Crippen LogP contribution < -0.4 is 15.0 Å². The number of hydrogen-bond donors (Lipinski definition) is 1. The van der Waals surface area contributed by atoms with Crippen molar-refractivity contribution in [3.63, 3.8) is 0 Å². The normalized spacial score (nSPS) is 16.2. The van der Waals surface area contributed by atoms with Crippen LogP contribution in [-0.2, 0) is 16.1 Å². The zero-order valence-corrected chi connectivity index (χ0v) is 13.9. The largest absolute Gasteiger partial charge is 0.479 e. The number of hydrogen-bond acceptors (Lipinski definition) is 3. The van der Waals surface area contributed by atoms with E-state index in [0.717, 1.165) is 0 Å². The van der Waals surface area contributed by atoms with E-state index in [4.69, 9.17) is 4.74 Å². The summed E-state index contributed by atoms with van der Waals surface area (Å²) < 4.78 is 19.1. The molecule has 1 unspecified atom stereocenters. The Bertz CT molecular complexity index is 794. The SMILES string of the molecule is CC1Oc2ccccc2N(CCC(=O)NCc2ccccc2F)C1=O. The zero-order chi connectivity index (χ0) is 17.8. The number of para-hydroxylation sites is 2. The summed E-state index contributed by atoms with van der Waals surface area (Å²) in [4.78, 5) is 26.0. The number of carbonyl (C=O) groups is 2. The summed E-state index contributed by atoms with van der Waals surface area (Å²) >= 11 is 0. The van der Waals surface area contributed by atoms with Crippen molar-refractivity contribution in [2.24, 2.45) is 0 Å². The Kier molecular flexibility index (Phi) is 4.97. The first-order valence-corrected chi connectivity index (χ1v) is 8.13. The Labute approximate surface area is 145 Å². The van der Waals surface area contributed by atoms with Crippen LogP contribution in [0.1, 0.15) is 18.9 Å². The van der Waals surface area contributed by atoms with Crippen LogP contribution in [0.15, 0.2) is 48.5 Å². The molecule has 0 spiro atoms. The van der Waals surface area contributed by atoms with Crippen LogP contribution in [0.2, 0.25) is 0 Å². The summed E-state index contributed by atoms with van der Waals surface area (Å²) in [5.41, 5.74) is 1.09. The van der Waals surface area contributed by atoms with Crippen LogP contribution in [0.25, 0.3) is 0 Å². The first kappa shape index (κ1) is 17.0. The predicted octanol–water partition coefficient (Wildman–Crippen LogP) is 2.65. The van der Waals surface area contributed by atoms with Crippen LogP contribution in [0.3, 0.4) is 0 Å². The molecule has 0 saturated carbocycles. The van der Waals surface area contributed by atoms with Gasteiger partial charge in [-0.15, -0.1) is 0 Å². The molecule has 0 radical (unpaired) electrons. The maximum atomic E-state index is 13.6. The van der Waals surface area contributed by atoms with Gasteiger partial charge in [0.25, 0.3) is 5.91 Å². The second-order valence-electron chi connectivity index (χ2n) is 5.84. The highest BCUT2D eigenvalue weighted by molar-refractivity contribution is 6.00. The van der Waals surface area contributed by atoms with Gasteiger partial charge in [-0.05, 0) is 25.1 Å². The van der Waals surface area contributed by atoms with Crippen LogP contribution in [-0.4, -0.2) is 24.5 Å². The number of anilines is 1. The Balaban J connectivity index is 1.60. The van der Waals surface area contributed by atoms with Crippen molar-refractivity contribution >= 4 is 17.5 Å². The minimum Gasteiger partial charge on any atom is -0.479 e. The van der Waals surface area contributed by atoms with Gasteiger partial charge in [-0.25, -0.2) is 4.39 Å². The number of halogens is 1. The maximum Gasteiger partial charge on any atom is 0.267 e. The highest BCUT2D eigenvalue weighted by Gasteiger charge is 2.31. The maximum absolute atomic E-state index is 13.6. The first-order valence-electron chi connectivity index (χ1n) is 8.13. The van der Waals surface area contributed by atoms with Crippen molar-refractivity contribution in [1.29, 1.82) is 0 Å². The van der Waals surface area contributed by atoms with Crippen molar-refractivity contribution in [1.82, 2.24) is 5.32 Å². The van der Waals surface area contributed by atoms with Crippen molar-refractivity contribution in [2.45, 2.75) is 26.0 Å². The lowest BCUT2D eigenvalue weighted by atomic mass is 10.1. The molecule has 1 atom stereocenters. The summed E-state index contributed by atoms with van der Waals surface area (Å²) in [5, 5.41) is 2.68. The van der Waals surface area contributed by atoms with Crippen molar-refractivity contribution in [3.8, 4) is 5.75 Å². The lowest BCUT2D eigenvalue weighted by Gasteiger charge is -2.32. The summed E-state index contributed by atoms with van der Waals surface area (Å²) in [6, 6.07) is 13.5. The standard InChI is InChI=1S/C19H19FN2O3/c1-13-19(24)22(16-8-4-5-9-17(16)25-13)11-10-18(23)21-12-14-6-2-3-7-15(14)20/h2-9,13H,10-12H2,1H3,(H,21,23). The number of nitrogens with one attached hydrogen (secondary N) is 1. The summed E-state index contributed by atoms with van der Waals surface area (Å²) in [6.45, 7) is 2.05. The fourth-order valence-corrected chi connectivity index (χ4v) is 2.73. The Morgan fingerprint density at radius 1 is 1.20 bits per heavy atom. The van der Waals surface area contributed by atoms with E-state index in [9.17, 15) is 14.0 Å². The van der Waals surface area contributed by atoms with Gasteiger partial charge in [-0.2, -0.15) is 0 Å². The highest BCUT2D eigenvalue weighted by atomic mass is 19.1. The topological polar surface area (TPSA) is 58.6 Å². The Morgan fingerprint density at radius 2 is 1.92 bits per heavy atom. The van der Waals surface area contributed by atoms with Gasteiger partial charge in [0.2, 0.25) is 5.91 Å². The number of ether oxygens (including phenoxy) is 1. The minimum atomic E-state index is -0.587. The van der Waals surface area contributed by atoms with Crippen LogP contribution >= 0.6 is 0 Å². The van der Waals surface area contributed by atoms with Gasteiger partial charge in [0.05, 0.1) is 5.69 Å². The van der Waals surface area contributed by atoms with E-state index < -0.39 is 6.10 Å². The van der Waals surface area contributed by atoms with Gasteiger partial charge in [0, 0.05) is 25.1 Å². The molecule has 130 valence electrons. The fraction of sp³-hybridized carbons (Fsp3) is 0.263. The van der Waals surface area contributed by atoms with Gasteiger partial charge in [0.15, 0.2) is 6.10 Å². The molecule has 0 saturated heterocycles. The third-order valence-electron chi connectivity index (χ3n) is 4.07. The van der Waals surface area contributed by atoms with E-state index in [0.29, 0.717) is 17.0 Å². The van der Waals surface area contributed by atoms with Crippen molar-refractivity contribution in [3.05, 3.63) is 59.9 Å². The zero-order valence-electron chi connectivity index (χ0n) is 13.9. The van der Waals surface area contributed by atoms with Gasteiger partial charge in [0.1, 0.15) is 11.6 Å².